The zero-order chi connectivity index (χ0) is 15.9. The molecule has 0 bridgehead atoms. The van der Waals surface area contributed by atoms with E-state index in [2.05, 4.69) is 11.6 Å². The Balaban J connectivity index is 2.68. The molecule has 4 nitrogen and oxygen atoms in total. The summed E-state index contributed by atoms with van der Waals surface area (Å²) in [5.74, 6) is -0.482. The summed E-state index contributed by atoms with van der Waals surface area (Å²) in [6.07, 6.45) is 5.21. The summed E-state index contributed by atoms with van der Waals surface area (Å²) < 4.78 is 40.5. The minimum absolute atomic E-state index is 0.0260. The number of benzene rings is 1. The average Bonchev–Trinajstić information content (AvgIpc) is 2.43. The molecule has 21 heavy (non-hydrogen) atoms. The van der Waals surface area contributed by atoms with Crippen LogP contribution in [0.2, 0.25) is 0 Å². The first-order valence-corrected chi connectivity index (χ1v) is 8.89. The lowest BCUT2D eigenvalue weighted by molar-refractivity contribution is 0.521. The highest BCUT2D eigenvalue weighted by atomic mass is 32.2. The molecule has 0 heterocycles. The molecule has 6 heteroatoms. The first-order chi connectivity index (χ1) is 9.90. The molecule has 1 aromatic carbocycles. The second kappa shape index (κ2) is 8.46. The predicted molar refractivity (Wildman–Crippen MR) is 82.8 cm³/mol. The quantitative estimate of drug-likeness (QED) is 0.688. The average molecular weight is 316 g/mol. The number of nitrogens with two attached hydrogens (primary N) is 1. The number of sulfonamides is 1. The van der Waals surface area contributed by atoms with Crippen molar-refractivity contribution < 1.29 is 12.8 Å². The van der Waals surface area contributed by atoms with Gasteiger partial charge in [-0.05, 0) is 31.5 Å². The van der Waals surface area contributed by atoms with Crippen LogP contribution in [0.15, 0.2) is 23.1 Å². The highest BCUT2D eigenvalue weighted by Gasteiger charge is 2.18. The molecule has 0 aromatic heterocycles. The van der Waals surface area contributed by atoms with E-state index in [0.717, 1.165) is 38.2 Å². The lowest BCUT2D eigenvalue weighted by Gasteiger charge is -2.14. The molecule has 0 saturated heterocycles. The first-order valence-electron chi connectivity index (χ1n) is 7.41. The fourth-order valence-corrected chi connectivity index (χ4v) is 3.47. The summed E-state index contributed by atoms with van der Waals surface area (Å²) in [6, 6.07) is 3.56. The topological polar surface area (TPSA) is 72.2 Å². The van der Waals surface area contributed by atoms with Crippen LogP contribution < -0.4 is 10.5 Å². The van der Waals surface area contributed by atoms with Gasteiger partial charge < -0.3 is 5.73 Å². The van der Waals surface area contributed by atoms with Crippen molar-refractivity contribution in [2.75, 3.05) is 0 Å². The number of hydrogen-bond donors (Lipinski definition) is 2. The Labute approximate surface area is 127 Å². The van der Waals surface area contributed by atoms with Gasteiger partial charge in [0.2, 0.25) is 10.0 Å². The lowest BCUT2D eigenvalue weighted by atomic mass is 10.1. The number of unbranched alkanes of at least 4 members (excludes halogenated alkanes) is 3. The molecule has 120 valence electrons. The van der Waals surface area contributed by atoms with Crippen LogP contribution in [-0.4, -0.2) is 14.5 Å². The Kier molecular flexibility index (Phi) is 7.28. The number of hydrogen-bond acceptors (Lipinski definition) is 3. The van der Waals surface area contributed by atoms with E-state index in [1.54, 1.807) is 0 Å². The van der Waals surface area contributed by atoms with Crippen LogP contribution in [0.5, 0.6) is 0 Å². The minimum Gasteiger partial charge on any atom is -0.326 e. The molecule has 0 radical (unpaired) electrons. The van der Waals surface area contributed by atoms with E-state index in [9.17, 15) is 12.8 Å². The molecule has 0 spiro atoms. The van der Waals surface area contributed by atoms with Crippen molar-refractivity contribution in [3.8, 4) is 0 Å². The van der Waals surface area contributed by atoms with E-state index >= 15 is 0 Å². The minimum atomic E-state index is -3.62. The molecule has 0 amide bonds. The molecule has 1 rings (SSSR count). The maximum atomic E-state index is 13.4. The molecule has 0 fully saturated rings. The van der Waals surface area contributed by atoms with Crippen molar-refractivity contribution in [2.24, 2.45) is 5.73 Å². The van der Waals surface area contributed by atoms with Gasteiger partial charge in [0, 0.05) is 18.2 Å². The first kappa shape index (κ1) is 18.1. The lowest BCUT2D eigenvalue weighted by Crippen LogP contribution is -2.32. The van der Waals surface area contributed by atoms with Crippen LogP contribution in [0.4, 0.5) is 4.39 Å². The Hall–Kier alpha value is -0.980. The summed E-state index contributed by atoms with van der Waals surface area (Å²) in [5, 5.41) is 0. The van der Waals surface area contributed by atoms with E-state index in [4.69, 9.17) is 5.73 Å². The normalized spacial score (nSPS) is 13.3. The van der Waals surface area contributed by atoms with Gasteiger partial charge in [0.1, 0.15) is 5.82 Å². The van der Waals surface area contributed by atoms with Crippen LogP contribution >= 0.6 is 0 Å². The van der Waals surface area contributed by atoms with Crippen LogP contribution in [0.1, 0.15) is 51.5 Å². The van der Waals surface area contributed by atoms with Crippen molar-refractivity contribution in [2.45, 2.75) is 63.4 Å². The van der Waals surface area contributed by atoms with Gasteiger partial charge >= 0.3 is 0 Å². The summed E-state index contributed by atoms with van der Waals surface area (Å²) in [4.78, 5) is 0.0600. The Morgan fingerprint density at radius 2 is 2.00 bits per heavy atom. The maximum Gasteiger partial charge on any atom is 0.240 e. The fourth-order valence-electron chi connectivity index (χ4n) is 2.14. The number of rotatable bonds is 9. The van der Waals surface area contributed by atoms with Gasteiger partial charge in [0.25, 0.3) is 0 Å². The maximum absolute atomic E-state index is 13.4. The van der Waals surface area contributed by atoms with E-state index in [1.165, 1.54) is 12.1 Å². The second-order valence-electron chi connectivity index (χ2n) is 5.33. The van der Waals surface area contributed by atoms with Crippen molar-refractivity contribution >= 4 is 10.0 Å². The van der Waals surface area contributed by atoms with Gasteiger partial charge in [-0.3, -0.25) is 0 Å². The molecular weight excluding hydrogens is 291 g/mol. The monoisotopic (exact) mass is 316 g/mol. The predicted octanol–water partition coefficient (Wildman–Crippen LogP) is 2.92. The molecule has 1 aromatic rings. The number of nitrogens with one attached hydrogen (secondary N) is 1. The third-order valence-corrected chi connectivity index (χ3v) is 4.98. The van der Waals surface area contributed by atoms with E-state index < -0.39 is 15.8 Å². The van der Waals surface area contributed by atoms with Crippen molar-refractivity contribution in [1.29, 1.82) is 0 Å². The molecule has 0 aliphatic carbocycles. The van der Waals surface area contributed by atoms with Crippen molar-refractivity contribution in [3.63, 3.8) is 0 Å². The highest BCUT2D eigenvalue weighted by Crippen LogP contribution is 2.16. The molecular formula is C15H25FN2O2S. The SMILES string of the molecule is CCCCCCC(C)NS(=O)(=O)c1ccc(F)c(CN)c1. The summed E-state index contributed by atoms with van der Waals surface area (Å²) in [7, 11) is -3.62. The van der Waals surface area contributed by atoms with Gasteiger partial charge in [0.15, 0.2) is 0 Å². The zero-order valence-electron chi connectivity index (χ0n) is 12.7. The van der Waals surface area contributed by atoms with Crippen LogP contribution in [0.3, 0.4) is 0 Å². The van der Waals surface area contributed by atoms with E-state index in [0.29, 0.717) is 0 Å². The Bertz CT molecular complexity index is 547. The van der Waals surface area contributed by atoms with Gasteiger partial charge in [-0.2, -0.15) is 0 Å². The van der Waals surface area contributed by atoms with Crippen LogP contribution in [0, 0.1) is 5.82 Å². The molecule has 0 aliphatic rings. The fraction of sp³-hybridized carbons (Fsp3) is 0.600. The van der Waals surface area contributed by atoms with Crippen LogP contribution in [-0.2, 0) is 16.6 Å². The molecule has 0 aliphatic heterocycles. The van der Waals surface area contributed by atoms with Gasteiger partial charge in [-0.1, -0.05) is 32.6 Å². The standard InChI is InChI=1S/C15H25FN2O2S/c1-3-4-5-6-7-12(2)18-21(19,20)14-8-9-15(16)13(10-14)11-17/h8-10,12,18H,3-7,11,17H2,1-2H3. The zero-order valence-corrected chi connectivity index (χ0v) is 13.5. The summed E-state index contributed by atoms with van der Waals surface area (Å²) in [5.41, 5.74) is 5.61. The third-order valence-electron chi connectivity index (χ3n) is 3.39. The highest BCUT2D eigenvalue weighted by molar-refractivity contribution is 7.89. The largest absolute Gasteiger partial charge is 0.326 e. The number of halogens is 1. The Morgan fingerprint density at radius 3 is 2.62 bits per heavy atom. The third kappa shape index (κ3) is 5.73. The summed E-state index contributed by atoms with van der Waals surface area (Å²) >= 11 is 0. The van der Waals surface area contributed by atoms with Gasteiger partial charge in [-0.25, -0.2) is 17.5 Å². The van der Waals surface area contributed by atoms with Gasteiger partial charge in [-0.15, -0.1) is 0 Å². The second-order valence-corrected chi connectivity index (χ2v) is 7.04. The molecule has 0 saturated carbocycles. The van der Waals surface area contributed by atoms with E-state index in [1.807, 2.05) is 6.92 Å². The van der Waals surface area contributed by atoms with E-state index in [-0.39, 0.29) is 23.0 Å². The van der Waals surface area contributed by atoms with Crippen molar-refractivity contribution in [3.05, 3.63) is 29.6 Å². The smallest absolute Gasteiger partial charge is 0.240 e. The Morgan fingerprint density at radius 1 is 1.29 bits per heavy atom. The van der Waals surface area contributed by atoms with Crippen molar-refractivity contribution in [1.82, 2.24) is 4.72 Å². The molecule has 3 N–H and O–H groups in total. The summed E-state index contributed by atoms with van der Waals surface area (Å²) in [6.45, 7) is 3.95. The molecule has 1 atom stereocenters. The van der Waals surface area contributed by atoms with Crippen LogP contribution in [0.25, 0.3) is 0 Å². The van der Waals surface area contributed by atoms with Gasteiger partial charge in [0.05, 0.1) is 4.90 Å². The molecule has 1 unspecified atom stereocenters.